The Bertz CT molecular complexity index is 583. The van der Waals surface area contributed by atoms with Crippen molar-refractivity contribution in [1.29, 1.82) is 0 Å². The summed E-state index contributed by atoms with van der Waals surface area (Å²) in [5, 5.41) is 6.43. The molecule has 6 nitrogen and oxygen atoms in total. The van der Waals surface area contributed by atoms with Gasteiger partial charge in [0.25, 0.3) is 0 Å². The molecule has 1 aliphatic rings. The molecular formula is C18H30ClN3O3. The van der Waals surface area contributed by atoms with Crippen LogP contribution < -0.4 is 20.1 Å². The summed E-state index contributed by atoms with van der Waals surface area (Å²) in [7, 11) is 3.24. The highest BCUT2D eigenvalue weighted by atomic mass is 35.5. The van der Waals surface area contributed by atoms with Gasteiger partial charge in [0.2, 0.25) is 5.91 Å². The number of piperazine rings is 1. The van der Waals surface area contributed by atoms with Crippen molar-refractivity contribution in [2.24, 2.45) is 0 Å². The molecule has 1 saturated heterocycles. The zero-order chi connectivity index (χ0) is 17.7. The smallest absolute Gasteiger partial charge is 0.234 e. The van der Waals surface area contributed by atoms with E-state index in [1.165, 1.54) is 0 Å². The third kappa shape index (κ3) is 5.49. The highest BCUT2D eigenvalue weighted by molar-refractivity contribution is 5.85. The number of nitrogens with zero attached hydrogens (tertiary/aromatic N) is 1. The molecule has 0 saturated carbocycles. The summed E-state index contributed by atoms with van der Waals surface area (Å²) >= 11 is 0. The first-order chi connectivity index (χ1) is 11.5. The second-order valence-electron chi connectivity index (χ2n) is 6.38. The molecule has 1 heterocycles. The minimum atomic E-state index is -0.0875. The van der Waals surface area contributed by atoms with E-state index in [0.717, 1.165) is 30.8 Å². The molecule has 2 atom stereocenters. The lowest BCUT2D eigenvalue weighted by molar-refractivity contribution is -0.123. The van der Waals surface area contributed by atoms with E-state index >= 15 is 0 Å². The fourth-order valence-corrected chi connectivity index (χ4v) is 3.13. The first-order valence-electron chi connectivity index (χ1n) is 8.43. The first-order valence-corrected chi connectivity index (χ1v) is 8.43. The SMILES string of the molecule is COc1cc(C)c(C(C)NC(=O)CN2CCNC[C@H]2C)cc1OC.Cl. The normalized spacial score (nSPS) is 18.8. The average molecular weight is 372 g/mol. The Kier molecular flexibility index (Phi) is 8.48. The molecule has 142 valence electrons. The molecule has 7 heteroatoms. The van der Waals surface area contributed by atoms with Crippen molar-refractivity contribution < 1.29 is 14.3 Å². The first kappa shape index (κ1) is 21.5. The maximum Gasteiger partial charge on any atom is 0.234 e. The van der Waals surface area contributed by atoms with Gasteiger partial charge < -0.3 is 20.1 Å². The lowest BCUT2D eigenvalue weighted by Crippen LogP contribution is -2.52. The Morgan fingerprint density at radius 2 is 2.00 bits per heavy atom. The highest BCUT2D eigenvalue weighted by Crippen LogP contribution is 2.32. The lowest BCUT2D eigenvalue weighted by Gasteiger charge is -2.33. The number of nitrogens with one attached hydrogen (secondary N) is 2. The number of carbonyl (C=O) groups excluding carboxylic acids is 1. The topological polar surface area (TPSA) is 62.8 Å². The molecule has 1 unspecified atom stereocenters. The van der Waals surface area contributed by atoms with E-state index < -0.39 is 0 Å². The second-order valence-corrected chi connectivity index (χ2v) is 6.38. The van der Waals surface area contributed by atoms with Gasteiger partial charge in [-0.05, 0) is 44.0 Å². The molecular weight excluding hydrogens is 342 g/mol. The average Bonchev–Trinajstić information content (AvgIpc) is 2.56. The van der Waals surface area contributed by atoms with Crippen LogP contribution in [0.2, 0.25) is 0 Å². The van der Waals surface area contributed by atoms with Crippen molar-refractivity contribution in [2.45, 2.75) is 32.9 Å². The predicted octanol–water partition coefficient (Wildman–Crippen LogP) is 1.90. The summed E-state index contributed by atoms with van der Waals surface area (Å²) < 4.78 is 10.7. The molecule has 0 aromatic heterocycles. The van der Waals surface area contributed by atoms with Gasteiger partial charge in [-0.15, -0.1) is 12.4 Å². The Hall–Kier alpha value is -1.50. The number of amides is 1. The number of rotatable bonds is 6. The maximum atomic E-state index is 12.4. The third-order valence-electron chi connectivity index (χ3n) is 4.60. The van der Waals surface area contributed by atoms with Gasteiger partial charge in [0, 0.05) is 25.7 Å². The van der Waals surface area contributed by atoms with Crippen molar-refractivity contribution in [1.82, 2.24) is 15.5 Å². The molecule has 1 fully saturated rings. The minimum absolute atomic E-state index is 0. The number of ether oxygens (including phenoxy) is 2. The number of aryl methyl sites for hydroxylation is 1. The van der Waals surface area contributed by atoms with Crippen LogP contribution in [0.5, 0.6) is 11.5 Å². The van der Waals surface area contributed by atoms with Crippen LogP contribution in [0, 0.1) is 6.92 Å². The van der Waals surface area contributed by atoms with E-state index in [0.29, 0.717) is 24.1 Å². The molecule has 2 N–H and O–H groups in total. The van der Waals surface area contributed by atoms with Crippen molar-refractivity contribution in [2.75, 3.05) is 40.4 Å². The molecule has 1 amide bonds. The molecule has 0 bridgehead atoms. The van der Waals surface area contributed by atoms with Crippen LogP contribution in [0.1, 0.15) is 31.0 Å². The van der Waals surface area contributed by atoms with Crippen LogP contribution in [0.3, 0.4) is 0 Å². The Morgan fingerprint density at radius 1 is 1.36 bits per heavy atom. The van der Waals surface area contributed by atoms with Crippen molar-refractivity contribution in [3.05, 3.63) is 23.3 Å². The maximum absolute atomic E-state index is 12.4. The fourth-order valence-electron chi connectivity index (χ4n) is 3.13. The standard InChI is InChI=1S/C18H29N3O3.ClH/c1-12-8-16(23-4)17(24-5)9-15(12)14(3)20-18(22)11-21-7-6-19-10-13(21)2;/h8-9,13-14,19H,6-7,10-11H2,1-5H3,(H,20,22);1H/t13-,14?;/m1./s1. The van der Waals surface area contributed by atoms with Crippen LogP contribution in [0.25, 0.3) is 0 Å². The minimum Gasteiger partial charge on any atom is -0.493 e. The molecule has 1 aliphatic heterocycles. The van der Waals surface area contributed by atoms with E-state index in [2.05, 4.69) is 22.5 Å². The van der Waals surface area contributed by atoms with Gasteiger partial charge >= 0.3 is 0 Å². The molecule has 1 aromatic rings. The zero-order valence-electron chi connectivity index (χ0n) is 15.7. The van der Waals surface area contributed by atoms with E-state index in [9.17, 15) is 4.79 Å². The summed E-state index contributed by atoms with van der Waals surface area (Å²) in [5.41, 5.74) is 2.10. The van der Waals surface area contributed by atoms with Crippen molar-refractivity contribution in [3.63, 3.8) is 0 Å². The Balaban J connectivity index is 0.00000312. The van der Waals surface area contributed by atoms with Gasteiger partial charge in [-0.3, -0.25) is 9.69 Å². The Morgan fingerprint density at radius 3 is 2.60 bits per heavy atom. The van der Waals surface area contributed by atoms with Gasteiger partial charge in [0.15, 0.2) is 11.5 Å². The molecule has 0 spiro atoms. The summed E-state index contributed by atoms with van der Waals surface area (Å²) in [6, 6.07) is 4.17. The number of halogens is 1. The number of hydrogen-bond acceptors (Lipinski definition) is 5. The van der Waals surface area contributed by atoms with E-state index in [1.807, 2.05) is 26.0 Å². The van der Waals surface area contributed by atoms with E-state index in [-0.39, 0.29) is 24.4 Å². The lowest BCUT2D eigenvalue weighted by atomic mass is 10.0. The second kappa shape index (κ2) is 9.85. The van der Waals surface area contributed by atoms with Crippen LogP contribution in [-0.2, 0) is 4.79 Å². The fraction of sp³-hybridized carbons (Fsp3) is 0.611. The monoisotopic (exact) mass is 371 g/mol. The quantitative estimate of drug-likeness (QED) is 0.799. The summed E-state index contributed by atoms with van der Waals surface area (Å²) in [6.45, 7) is 9.34. The third-order valence-corrected chi connectivity index (χ3v) is 4.60. The van der Waals surface area contributed by atoms with Gasteiger partial charge in [-0.25, -0.2) is 0 Å². The van der Waals surface area contributed by atoms with Crippen LogP contribution >= 0.6 is 12.4 Å². The number of benzene rings is 1. The summed E-state index contributed by atoms with van der Waals surface area (Å²) in [5.74, 6) is 1.42. The van der Waals surface area contributed by atoms with Gasteiger partial charge in [0.1, 0.15) is 0 Å². The summed E-state index contributed by atoms with van der Waals surface area (Å²) in [6.07, 6.45) is 0. The largest absolute Gasteiger partial charge is 0.493 e. The molecule has 0 radical (unpaired) electrons. The Labute approximate surface area is 156 Å². The summed E-state index contributed by atoms with van der Waals surface area (Å²) in [4.78, 5) is 14.6. The highest BCUT2D eigenvalue weighted by Gasteiger charge is 2.22. The van der Waals surface area contributed by atoms with Gasteiger partial charge in [-0.2, -0.15) is 0 Å². The van der Waals surface area contributed by atoms with E-state index in [1.54, 1.807) is 14.2 Å². The van der Waals surface area contributed by atoms with Crippen molar-refractivity contribution in [3.8, 4) is 11.5 Å². The van der Waals surface area contributed by atoms with Crippen LogP contribution in [-0.4, -0.2) is 57.2 Å². The molecule has 2 rings (SSSR count). The van der Waals surface area contributed by atoms with Crippen LogP contribution in [0.15, 0.2) is 12.1 Å². The number of hydrogen-bond donors (Lipinski definition) is 2. The van der Waals surface area contributed by atoms with Gasteiger partial charge in [-0.1, -0.05) is 0 Å². The van der Waals surface area contributed by atoms with Crippen molar-refractivity contribution >= 4 is 18.3 Å². The molecule has 25 heavy (non-hydrogen) atoms. The molecule has 1 aromatic carbocycles. The predicted molar refractivity (Wildman–Crippen MR) is 102 cm³/mol. The zero-order valence-corrected chi connectivity index (χ0v) is 16.5. The number of methoxy groups -OCH3 is 2. The van der Waals surface area contributed by atoms with Gasteiger partial charge in [0.05, 0.1) is 26.8 Å². The van der Waals surface area contributed by atoms with Crippen LogP contribution in [0.4, 0.5) is 0 Å². The molecule has 0 aliphatic carbocycles. The van der Waals surface area contributed by atoms with E-state index in [4.69, 9.17) is 9.47 Å². The number of carbonyl (C=O) groups is 1.